The van der Waals surface area contributed by atoms with Crippen LogP contribution >= 0.6 is 0 Å². The summed E-state index contributed by atoms with van der Waals surface area (Å²) in [6.45, 7) is 4.16. The summed E-state index contributed by atoms with van der Waals surface area (Å²) in [7, 11) is 1.50. The molecule has 0 radical (unpaired) electrons. The number of carbonyl (C=O) groups excluding carboxylic acids is 1. The highest BCUT2D eigenvalue weighted by Crippen LogP contribution is 2.48. The molecule has 0 fully saturated rings. The van der Waals surface area contributed by atoms with Gasteiger partial charge in [-0.2, -0.15) is 5.26 Å². The van der Waals surface area contributed by atoms with Gasteiger partial charge in [-0.3, -0.25) is 14.9 Å². The number of nitrogens with two attached hydrogens (primary N) is 1. The molecule has 0 bridgehead atoms. The van der Waals surface area contributed by atoms with Gasteiger partial charge in [0.15, 0.2) is 17.3 Å². The summed E-state index contributed by atoms with van der Waals surface area (Å²) < 4.78 is 17.2. The van der Waals surface area contributed by atoms with Crippen LogP contribution in [-0.2, 0) is 16.1 Å². The zero-order valence-electron chi connectivity index (χ0n) is 19.7. The Morgan fingerprint density at radius 2 is 1.91 bits per heavy atom. The molecule has 0 saturated carbocycles. The van der Waals surface area contributed by atoms with E-state index in [9.17, 15) is 20.2 Å². The third kappa shape index (κ3) is 4.68. The number of rotatable bonds is 6. The second-order valence-corrected chi connectivity index (χ2v) is 9.33. The Bertz CT molecular complexity index is 1300. The predicted molar refractivity (Wildman–Crippen MR) is 126 cm³/mol. The van der Waals surface area contributed by atoms with Gasteiger partial charge >= 0.3 is 0 Å². The molecule has 2 aromatic rings. The number of nitro benzene ring substituents is 1. The van der Waals surface area contributed by atoms with Crippen molar-refractivity contribution in [3.8, 4) is 17.6 Å². The fourth-order valence-corrected chi connectivity index (χ4v) is 4.48. The van der Waals surface area contributed by atoms with Gasteiger partial charge in [0.25, 0.3) is 5.69 Å². The van der Waals surface area contributed by atoms with Gasteiger partial charge < -0.3 is 19.9 Å². The molecule has 35 heavy (non-hydrogen) atoms. The molecule has 0 saturated heterocycles. The van der Waals surface area contributed by atoms with Gasteiger partial charge in [0, 0.05) is 30.5 Å². The minimum Gasteiger partial charge on any atom is -0.493 e. The quantitative estimate of drug-likeness (QED) is 0.471. The van der Waals surface area contributed by atoms with Crippen molar-refractivity contribution in [1.29, 1.82) is 5.26 Å². The zero-order valence-corrected chi connectivity index (χ0v) is 19.7. The normalized spacial score (nSPS) is 18.9. The van der Waals surface area contributed by atoms with E-state index in [1.807, 2.05) is 13.8 Å². The molecule has 1 aliphatic heterocycles. The van der Waals surface area contributed by atoms with Crippen molar-refractivity contribution in [2.75, 3.05) is 7.11 Å². The molecule has 9 heteroatoms. The lowest BCUT2D eigenvalue weighted by atomic mass is 9.70. The standard InChI is InChI=1S/C26H25N3O6/c1-26(2)11-19(30)24-22(12-26)35-25(28)18(13-27)23(24)16-6-9-20(21(10-16)33-3)34-14-15-4-7-17(8-5-15)29(31)32/h4-10,23H,11-12,14,28H2,1-3H3/t23-/m1/s1. The van der Waals surface area contributed by atoms with Crippen molar-refractivity contribution in [2.24, 2.45) is 11.1 Å². The first-order valence-electron chi connectivity index (χ1n) is 11.0. The number of non-ortho nitro benzene ring substituents is 1. The number of ketones is 1. The van der Waals surface area contributed by atoms with E-state index >= 15 is 0 Å². The fraction of sp³-hybridized carbons (Fsp3) is 0.308. The molecular formula is C26H25N3O6. The van der Waals surface area contributed by atoms with Crippen molar-refractivity contribution in [3.63, 3.8) is 0 Å². The molecule has 180 valence electrons. The SMILES string of the molecule is COc1cc([C@@H]2C(C#N)=C(N)OC3=C2C(=O)CC(C)(C)C3)ccc1OCc1ccc([N+](=O)[O-])cc1. The molecule has 0 amide bonds. The number of methoxy groups -OCH3 is 1. The van der Waals surface area contributed by atoms with Crippen molar-refractivity contribution in [1.82, 2.24) is 0 Å². The second kappa shape index (κ2) is 9.14. The van der Waals surface area contributed by atoms with E-state index < -0.39 is 10.8 Å². The Labute approximate surface area is 202 Å². The van der Waals surface area contributed by atoms with Crippen molar-refractivity contribution in [2.45, 2.75) is 39.2 Å². The van der Waals surface area contributed by atoms with Crippen LogP contribution in [0.1, 0.15) is 43.7 Å². The number of Topliss-reactive ketones (excluding diaryl/α,β-unsaturated/α-hetero) is 1. The number of carbonyl (C=O) groups is 1. The molecule has 0 aromatic heterocycles. The molecule has 0 spiro atoms. The number of nitro groups is 1. The van der Waals surface area contributed by atoms with Crippen LogP contribution in [0.25, 0.3) is 0 Å². The van der Waals surface area contributed by atoms with Crippen LogP contribution in [0.4, 0.5) is 5.69 Å². The van der Waals surface area contributed by atoms with E-state index in [-0.39, 0.29) is 34.9 Å². The Hall–Kier alpha value is -4.32. The van der Waals surface area contributed by atoms with Crippen LogP contribution in [0.3, 0.4) is 0 Å². The molecule has 1 atom stereocenters. The summed E-state index contributed by atoms with van der Waals surface area (Å²) in [6.07, 6.45) is 0.884. The van der Waals surface area contributed by atoms with Crippen molar-refractivity contribution in [3.05, 3.63) is 86.5 Å². The maximum absolute atomic E-state index is 13.1. The molecular weight excluding hydrogens is 450 g/mol. The average molecular weight is 476 g/mol. The first-order valence-corrected chi connectivity index (χ1v) is 11.0. The van der Waals surface area contributed by atoms with Gasteiger partial charge in [-0.15, -0.1) is 0 Å². The highest BCUT2D eigenvalue weighted by molar-refractivity contribution is 6.00. The Morgan fingerprint density at radius 1 is 1.20 bits per heavy atom. The number of hydrogen-bond donors (Lipinski definition) is 1. The lowest BCUT2D eigenvalue weighted by Gasteiger charge is -2.37. The number of benzene rings is 2. The molecule has 1 heterocycles. The second-order valence-electron chi connectivity index (χ2n) is 9.33. The zero-order chi connectivity index (χ0) is 25.3. The maximum Gasteiger partial charge on any atom is 0.269 e. The number of nitrogens with zero attached hydrogens (tertiary/aromatic N) is 2. The molecule has 1 aliphatic carbocycles. The van der Waals surface area contributed by atoms with Crippen LogP contribution in [0, 0.1) is 26.9 Å². The van der Waals surface area contributed by atoms with Gasteiger partial charge in [-0.1, -0.05) is 19.9 Å². The van der Waals surface area contributed by atoms with Gasteiger partial charge in [0.2, 0.25) is 5.88 Å². The molecule has 9 nitrogen and oxygen atoms in total. The minimum absolute atomic E-state index is 0.000727. The monoisotopic (exact) mass is 475 g/mol. The van der Waals surface area contributed by atoms with E-state index in [1.54, 1.807) is 30.3 Å². The smallest absolute Gasteiger partial charge is 0.269 e. The van der Waals surface area contributed by atoms with Crippen LogP contribution in [0.5, 0.6) is 11.5 Å². The van der Waals surface area contributed by atoms with Gasteiger partial charge in [-0.05, 0) is 40.8 Å². The Balaban J connectivity index is 1.65. The summed E-state index contributed by atoms with van der Waals surface area (Å²) in [4.78, 5) is 23.5. The number of hydrogen-bond acceptors (Lipinski definition) is 8. The minimum atomic E-state index is -0.662. The average Bonchev–Trinajstić information content (AvgIpc) is 2.81. The molecule has 4 rings (SSSR count). The van der Waals surface area contributed by atoms with Crippen LogP contribution in [-0.4, -0.2) is 17.8 Å². The third-order valence-electron chi connectivity index (χ3n) is 6.14. The highest BCUT2D eigenvalue weighted by atomic mass is 16.6. The van der Waals surface area contributed by atoms with Crippen LogP contribution in [0.15, 0.2) is 65.3 Å². The summed E-state index contributed by atoms with van der Waals surface area (Å²) >= 11 is 0. The van der Waals surface area contributed by atoms with Gasteiger partial charge in [-0.25, -0.2) is 0 Å². The first-order chi connectivity index (χ1) is 16.6. The van der Waals surface area contributed by atoms with Crippen molar-refractivity contribution >= 4 is 11.5 Å². The van der Waals surface area contributed by atoms with Gasteiger partial charge in [0.05, 0.1) is 18.0 Å². The third-order valence-corrected chi connectivity index (χ3v) is 6.14. The van der Waals surface area contributed by atoms with Crippen LogP contribution < -0.4 is 15.2 Å². The number of allylic oxidation sites excluding steroid dienone is 3. The van der Waals surface area contributed by atoms with Crippen molar-refractivity contribution < 1.29 is 23.9 Å². The largest absolute Gasteiger partial charge is 0.493 e. The maximum atomic E-state index is 13.1. The summed E-state index contributed by atoms with van der Waals surface area (Å²) in [6, 6.07) is 13.4. The summed E-state index contributed by atoms with van der Waals surface area (Å²) in [5.74, 6) is 0.633. The number of ether oxygens (including phenoxy) is 3. The first kappa shape index (κ1) is 23.8. The van der Waals surface area contributed by atoms with E-state index in [4.69, 9.17) is 19.9 Å². The molecule has 2 aromatic carbocycles. The van der Waals surface area contributed by atoms with E-state index in [2.05, 4.69) is 6.07 Å². The fourth-order valence-electron chi connectivity index (χ4n) is 4.48. The molecule has 0 unspecified atom stereocenters. The lowest BCUT2D eigenvalue weighted by Crippen LogP contribution is -2.33. The number of nitriles is 1. The summed E-state index contributed by atoms with van der Waals surface area (Å²) in [5.41, 5.74) is 7.87. The summed E-state index contributed by atoms with van der Waals surface area (Å²) in [5, 5.41) is 20.7. The Morgan fingerprint density at radius 3 is 2.54 bits per heavy atom. The van der Waals surface area contributed by atoms with E-state index in [1.165, 1.54) is 19.2 Å². The molecule has 2 aliphatic rings. The highest BCUT2D eigenvalue weighted by Gasteiger charge is 2.43. The van der Waals surface area contributed by atoms with Crippen LogP contribution in [0.2, 0.25) is 0 Å². The lowest BCUT2D eigenvalue weighted by molar-refractivity contribution is -0.384. The predicted octanol–water partition coefficient (Wildman–Crippen LogP) is 4.63. The topological polar surface area (TPSA) is 138 Å². The molecule has 2 N–H and O–H groups in total. The van der Waals surface area contributed by atoms with E-state index in [0.717, 1.165) is 5.56 Å². The van der Waals surface area contributed by atoms with E-state index in [0.29, 0.717) is 41.2 Å². The van der Waals surface area contributed by atoms with Gasteiger partial charge in [0.1, 0.15) is 24.0 Å². The Kier molecular flexibility index (Phi) is 6.22.